The molecule has 0 saturated heterocycles. The van der Waals surface area contributed by atoms with Crippen molar-refractivity contribution in [3.63, 3.8) is 0 Å². The van der Waals surface area contributed by atoms with E-state index in [4.69, 9.17) is 0 Å². The summed E-state index contributed by atoms with van der Waals surface area (Å²) in [7, 11) is 0. The molecule has 0 fully saturated rings. The van der Waals surface area contributed by atoms with E-state index in [0.717, 1.165) is 0 Å². The summed E-state index contributed by atoms with van der Waals surface area (Å²) in [6.45, 7) is 8.66. The smallest absolute Gasteiger partial charge is 0.0299 e. The van der Waals surface area contributed by atoms with Crippen molar-refractivity contribution in [1.82, 2.24) is 0 Å². The van der Waals surface area contributed by atoms with Gasteiger partial charge in [0.25, 0.3) is 0 Å². The second-order valence-corrected chi connectivity index (χ2v) is 3.38. The van der Waals surface area contributed by atoms with E-state index >= 15 is 0 Å². The van der Waals surface area contributed by atoms with Crippen LogP contribution in [0.15, 0.2) is 12.2 Å². The zero-order valence-electron chi connectivity index (χ0n) is 7.78. The van der Waals surface area contributed by atoms with E-state index in [1.807, 2.05) is 13.8 Å². The van der Waals surface area contributed by atoms with Gasteiger partial charge in [0.15, 0.2) is 0 Å². The average Bonchev–Trinajstić information content (AvgIpc) is 1.92. The molecule has 0 aliphatic heterocycles. The molecule has 0 heterocycles. The Labute approximate surface area is 72.7 Å². The standard InChI is InChI=1S/C8H14.C2H6.CH4/c1-8(2)6-4-3-5-7-8;1-2;/h3-4H,5-7H2,1-2H3;1-2H3;1H4. The lowest BCUT2D eigenvalue weighted by atomic mass is 9.81. The molecule has 1 rings (SSSR count). The van der Waals surface area contributed by atoms with Gasteiger partial charge in [-0.05, 0) is 24.7 Å². The minimum Gasteiger partial charge on any atom is -0.0885 e. The van der Waals surface area contributed by atoms with Crippen molar-refractivity contribution in [3.8, 4) is 0 Å². The predicted molar refractivity (Wildman–Crippen MR) is 54.9 cm³/mol. The molecule has 0 spiro atoms. The molecule has 1 aliphatic rings. The number of hydrogen-bond acceptors (Lipinski definition) is 0. The van der Waals surface area contributed by atoms with Gasteiger partial charge in [-0.2, -0.15) is 0 Å². The van der Waals surface area contributed by atoms with E-state index in [1.165, 1.54) is 19.3 Å². The zero-order chi connectivity index (χ0) is 8.04. The van der Waals surface area contributed by atoms with Gasteiger partial charge in [-0.25, -0.2) is 0 Å². The van der Waals surface area contributed by atoms with E-state index in [9.17, 15) is 0 Å². The summed E-state index contributed by atoms with van der Waals surface area (Å²) in [5.74, 6) is 0. The van der Waals surface area contributed by atoms with Crippen LogP contribution in [0, 0.1) is 5.41 Å². The molecule has 0 N–H and O–H groups in total. The topological polar surface area (TPSA) is 0 Å². The van der Waals surface area contributed by atoms with Crippen LogP contribution in [0.5, 0.6) is 0 Å². The molecule has 0 atom stereocenters. The van der Waals surface area contributed by atoms with Gasteiger partial charge in [-0.3, -0.25) is 0 Å². The Balaban J connectivity index is 0. The summed E-state index contributed by atoms with van der Waals surface area (Å²) in [4.78, 5) is 0. The quantitative estimate of drug-likeness (QED) is 0.456. The molecule has 0 unspecified atom stereocenters. The Morgan fingerprint density at radius 2 is 1.64 bits per heavy atom. The highest BCUT2D eigenvalue weighted by atomic mass is 14.2. The minimum atomic E-state index is 0. The molecule has 0 aromatic rings. The molecule has 68 valence electrons. The average molecular weight is 156 g/mol. The molecule has 1 aliphatic carbocycles. The Bertz CT molecular complexity index is 98.6. The first kappa shape index (κ1) is 13.3. The van der Waals surface area contributed by atoms with Crippen LogP contribution in [0.25, 0.3) is 0 Å². The maximum absolute atomic E-state index is 2.33. The van der Waals surface area contributed by atoms with Crippen LogP contribution < -0.4 is 0 Å². The lowest BCUT2D eigenvalue weighted by molar-refractivity contribution is 0.331. The molecule has 0 radical (unpaired) electrons. The molecule has 0 bridgehead atoms. The van der Waals surface area contributed by atoms with Crippen LogP contribution in [0.3, 0.4) is 0 Å². The summed E-state index contributed by atoms with van der Waals surface area (Å²) in [5.41, 5.74) is 0.592. The van der Waals surface area contributed by atoms with Gasteiger partial charge >= 0.3 is 0 Å². The fraction of sp³-hybridized carbons (Fsp3) is 0.818. The number of allylic oxidation sites excluding steroid dienone is 2. The van der Waals surface area contributed by atoms with Crippen LogP contribution in [0.1, 0.15) is 54.4 Å². The molecular weight excluding hydrogens is 132 g/mol. The Morgan fingerprint density at radius 1 is 1.09 bits per heavy atom. The third-order valence-electron chi connectivity index (χ3n) is 1.82. The van der Waals surface area contributed by atoms with Crippen LogP contribution in [-0.4, -0.2) is 0 Å². The molecule has 0 saturated carbocycles. The minimum absolute atomic E-state index is 0. The maximum atomic E-state index is 2.33. The Hall–Kier alpha value is -0.260. The summed E-state index contributed by atoms with van der Waals surface area (Å²) >= 11 is 0. The SMILES string of the molecule is C.CC.CC1(C)CC=CCC1. The van der Waals surface area contributed by atoms with E-state index in [1.54, 1.807) is 0 Å². The van der Waals surface area contributed by atoms with Crippen molar-refractivity contribution in [1.29, 1.82) is 0 Å². The van der Waals surface area contributed by atoms with Gasteiger partial charge in [0.2, 0.25) is 0 Å². The molecular formula is C11H24. The zero-order valence-corrected chi connectivity index (χ0v) is 7.78. The summed E-state index contributed by atoms with van der Waals surface area (Å²) in [5, 5.41) is 0. The summed E-state index contributed by atoms with van der Waals surface area (Å²) in [6.07, 6.45) is 8.50. The first-order valence-corrected chi connectivity index (χ1v) is 4.36. The lowest BCUT2D eigenvalue weighted by Gasteiger charge is -2.24. The second kappa shape index (κ2) is 6.45. The highest BCUT2D eigenvalue weighted by molar-refractivity contribution is 4.93. The number of rotatable bonds is 0. The lowest BCUT2D eigenvalue weighted by Crippen LogP contribution is -2.11. The Morgan fingerprint density at radius 3 is 1.82 bits per heavy atom. The van der Waals surface area contributed by atoms with Gasteiger partial charge in [0, 0.05) is 0 Å². The van der Waals surface area contributed by atoms with E-state index in [0.29, 0.717) is 5.41 Å². The fourth-order valence-electron chi connectivity index (χ4n) is 1.10. The maximum Gasteiger partial charge on any atom is -0.0299 e. The first-order valence-electron chi connectivity index (χ1n) is 4.36. The van der Waals surface area contributed by atoms with Gasteiger partial charge in [-0.15, -0.1) is 0 Å². The van der Waals surface area contributed by atoms with Crippen molar-refractivity contribution in [2.24, 2.45) is 5.41 Å². The normalized spacial score (nSPS) is 19.3. The van der Waals surface area contributed by atoms with Gasteiger partial charge in [0.1, 0.15) is 0 Å². The van der Waals surface area contributed by atoms with Crippen molar-refractivity contribution < 1.29 is 0 Å². The van der Waals surface area contributed by atoms with Crippen molar-refractivity contribution in [3.05, 3.63) is 12.2 Å². The fourth-order valence-corrected chi connectivity index (χ4v) is 1.10. The number of hydrogen-bond donors (Lipinski definition) is 0. The highest BCUT2D eigenvalue weighted by Crippen LogP contribution is 2.30. The highest BCUT2D eigenvalue weighted by Gasteiger charge is 2.16. The first-order chi connectivity index (χ1) is 4.71. The van der Waals surface area contributed by atoms with Crippen LogP contribution in [-0.2, 0) is 0 Å². The Kier molecular flexibility index (Phi) is 7.82. The molecule has 0 nitrogen and oxygen atoms in total. The third-order valence-corrected chi connectivity index (χ3v) is 1.82. The predicted octanol–water partition coefficient (Wildman–Crippen LogP) is 4.42. The molecule has 0 aromatic heterocycles. The largest absolute Gasteiger partial charge is 0.0885 e. The van der Waals surface area contributed by atoms with Gasteiger partial charge in [0.05, 0.1) is 0 Å². The van der Waals surface area contributed by atoms with E-state index in [2.05, 4.69) is 26.0 Å². The van der Waals surface area contributed by atoms with Crippen LogP contribution in [0.4, 0.5) is 0 Å². The molecule has 0 aromatic carbocycles. The van der Waals surface area contributed by atoms with Crippen LogP contribution >= 0.6 is 0 Å². The molecule has 0 heteroatoms. The van der Waals surface area contributed by atoms with Crippen LogP contribution in [0.2, 0.25) is 0 Å². The summed E-state index contributed by atoms with van der Waals surface area (Å²) in [6, 6.07) is 0. The third kappa shape index (κ3) is 6.15. The second-order valence-electron chi connectivity index (χ2n) is 3.38. The van der Waals surface area contributed by atoms with Gasteiger partial charge in [-0.1, -0.05) is 47.3 Å². The summed E-state index contributed by atoms with van der Waals surface area (Å²) < 4.78 is 0. The van der Waals surface area contributed by atoms with E-state index in [-0.39, 0.29) is 7.43 Å². The molecule has 11 heavy (non-hydrogen) atoms. The van der Waals surface area contributed by atoms with Gasteiger partial charge < -0.3 is 0 Å². The van der Waals surface area contributed by atoms with Crippen molar-refractivity contribution in [2.75, 3.05) is 0 Å². The van der Waals surface area contributed by atoms with E-state index < -0.39 is 0 Å². The van der Waals surface area contributed by atoms with Crippen molar-refractivity contribution in [2.45, 2.75) is 54.4 Å². The molecule has 0 amide bonds. The van der Waals surface area contributed by atoms with Crippen molar-refractivity contribution >= 4 is 0 Å². The monoisotopic (exact) mass is 156 g/mol.